The third-order valence-electron chi connectivity index (χ3n) is 5.10. The second kappa shape index (κ2) is 9.62. The van der Waals surface area contributed by atoms with Gasteiger partial charge in [-0.3, -0.25) is 9.59 Å². The molecule has 1 aliphatic rings. The van der Waals surface area contributed by atoms with Crippen molar-refractivity contribution in [1.82, 2.24) is 10.3 Å². The van der Waals surface area contributed by atoms with Crippen LogP contribution in [0.15, 0.2) is 40.8 Å². The van der Waals surface area contributed by atoms with E-state index >= 15 is 0 Å². The molecule has 0 spiro atoms. The van der Waals surface area contributed by atoms with Gasteiger partial charge in [-0.1, -0.05) is 29.3 Å². The Hall–Kier alpha value is -2.39. The predicted octanol–water partition coefficient (Wildman–Crippen LogP) is 5.88. The van der Waals surface area contributed by atoms with Gasteiger partial charge >= 0.3 is 0 Å². The molecular weight excluding hydrogens is 489 g/mol. The monoisotopic (exact) mass is 507 g/mol. The van der Waals surface area contributed by atoms with Crippen molar-refractivity contribution in [3.63, 3.8) is 0 Å². The molecule has 2 aromatic heterocycles. The van der Waals surface area contributed by atoms with Gasteiger partial charge in [0, 0.05) is 18.5 Å². The number of amides is 2. The van der Waals surface area contributed by atoms with E-state index in [4.69, 9.17) is 23.2 Å². The van der Waals surface area contributed by atoms with Gasteiger partial charge in [0.15, 0.2) is 0 Å². The molecule has 32 heavy (non-hydrogen) atoms. The maximum absolute atomic E-state index is 12.5. The van der Waals surface area contributed by atoms with E-state index in [1.807, 2.05) is 0 Å². The van der Waals surface area contributed by atoms with E-state index in [0.29, 0.717) is 36.0 Å². The zero-order valence-corrected chi connectivity index (χ0v) is 20.2. The number of aromatic hydroxyl groups is 1. The summed E-state index contributed by atoms with van der Waals surface area (Å²) in [5, 5.41) is 17.4. The maximum Gasteiger partial charge on any atom is 0.281 e. The van der Waals surface area contributed by atoms with Crippen LogP contribution < -0.4 is 5.43 Å². The number of halogens is 2. The van der Waals surface area contributed by atoms with E-state index in [-0.39, 0.29) is 11.7 Å². The van der Waals surface area contributed by atoms with E-state index in [0.717, 1.165) is 42.8 Å². The molecule has 3 aromatic rings. The van der Waals surface area contributed by atoms with Crippen molar-refractivity contribution in [2.45, 2.75) is 19.8 Å². The standard InChI is InChI=1S/C22H19Cl2N3O3S2/c1-12(14-11-31-20(19(14)28)13-4-5-15(23)16(24)10-13)25-26-21(29)17-6-7-18(32-17)22(30)27-8-2-3-9-27/h4-7,10-11,28H,2-3,8-9H2,1H3,(H,26,29). The molecule has 0 bridgehead atoms. The third kappa shape index (κ3) is 4.68. The Morgan fingerprint density at radius 1 is 1.09 bits per heavy atom. The van der Waals surface area contributed by atoms with Gasteiger partial charge in [0.05, 0.1) is 36.0 Å². The minimum atomic E-state index is -0.408. The second-order valence-corrected chi connectivity index (χ2v) is 10.0. The number of hydrogen-bond acceptors (Lipinski definition) is 6. The van der Waals surface area contributed by atoms with Crippen LogP contribution >= 0.6 is 45.9 Å². The maximum atomic E-state index is 12.5. The van der Waals surface area contributed by atoms with Gasteiger partial charge in [-0.05, 0) is 49.6 Å². The summed E-state index contributed by atoms with van der Waals surface area (Å²) < 4.78 is 0. The fourth-order valence-corrected chi connectivity index (χ4v) is 5.52. The van der Waals surface area contributed by atoms with Crippen LogP contribution in [0.5, 0.6) is 5.75 Å². The van der Waals surface area contributed by atoms with Gasteiger partial charge in [-0.25, -0.2) is 5.43 Å². The predicted molar refractivity (Wildman–Crippen MR) is 131 cm³/mol. The van der Waals surface area contributed by atoms with Crippen molar-refractivity contribution in [3.05, 3.63) is 61.1 Å². The first kappa shape index (κ1) is 22.8. The second-order valence-electron chi connectivity index (χ2n) is 7.26. The summed E-state index contributed by atoms with van der Waals surface area (Å²) in [6.45, 7) is 3.21. The van der Waals surface area contributed by atoms with Crippen LogP contribution in [0.3, 0.4) is 0 Å². The lowest BCUT2D eigenvalue weighted by molar-refractivity contribution is 0.0797. The Kier molecular flexibility index (Phi) is 6.85. The minimum absolute atomic E-state index is 0.0377. The highest BCUT2D eigenvalue weighted by molar-refractivity contribution is 7.16. The van der Waals surface area contributed by atoms with Crippen molar-refractivity contribution >= 4 is 63.4 Å². The van der Waals surface area contributed by atoms with Crippen molar-refractivity contribution in [3.8, 4) is 16.2 Å². The van der Waals surface area contributed by atoms with E-state index in [1.54, 1.807) is 47.5 Å². The quantitative estimate of drug-likeness (QED) is 0.334. The molecule has 1 saturated heterocycles. The molecule has 166 valence electrons. The molecule has 0 radical (unpaired) electrons. The molecule has 1 fully saturated rings. The Morgan fingerprint density at radius 3 is 2.53 bits per heavy atom. The van der Waals surface area contributed by atoms with Gasteiger partial charge in [0.2, 0.25) is 0 Å². The number of carbonyl (C=O) groups excluding carboxylic acids is 2. The topological polar surface area (TPSA) is 82.0 Å². The van der Waals surface area contributed by atoms with Gasteiger partial charge in [0.1, 0.15) is 5.75 Å². The molecule has 1 aliphatic heterocycles. The number of nitrogens with zero attached hydrogens (tertiary/aromatic N) is 2. The van der Waals surface area contributed by atoms with E-state index in [9.17, 15) is 14.7 Å². The molecule has 0 unspecified atom stereocenters. The molecule has 0 aliphatic carbocycles. The number of rotatable bonds is 5. The van der Waals surface area contributed by atoms with Crippen LogP contribution in [0.2, 0.25) is 10.0 Å². The van der Waals surface area contributed by atoms with Gasteiger partial charge in [-0.2, -0.15) is 5.10 Å². The Bertz CT molecular complexity index is 1210. The van der Waals surface area contributed by atoms with Gasteiger partial charge in [-0.15, -0.1) is 22.7 Å². The van der Waals surface area contributed by atoms with Crippen LogP contribution in [0.25, 0.3) is 10.4 Å². The van der Waals surface area contributed by atoms with Crippen LogP contribution in [-0.2, 0) is 0 Å². The number of hydrogen-bond donors (Lipinski definition) is 2. The largest absolute Gasteiger partial charge is 0.506 e. The average Bonchev–Trinajstić information content (AvgIpc) is 3.54. The summed E-state index contributed by atoms with van der Waals surface area (Å²) in [6, 6.07) is 8.42. The molecule has 2 amide bonds. The molecule has 6 nitrogen and oxygen atoms in total. The van der Waals surface area contributed by atoms with Crippen molar-refractivity contribution in [2.24, 2.45) is 5.10 Å². The summed E-state index contributed by atoms with van der Waals surface area (Å²) in [4.78, 5) is 28.3. The Morgan fingerprint density at radius 2 is 1.81 bits per heavy atom. The van der Waals surface area contributed by atoms with E-state index in [1.165, 1.54) is 11.3 Å². The number of nitrogens with one attached hydrogen (secondary N) is 1. The summed E-state index contributed by atoms with van der Waals surface area (Å²) in [5.74, 6) is -0.392. The summed E-state index contributed by atoms with van der Waals surface area (Å²) in [5.41, 5.74) is 4.19. The van der Waals surface area contributed by atoms with Gasteiger partial charge < -0.3 is 10.0 Å². The highest BCUT2D eigenvalue weighted by atomic mass is 35.5. The Labute approximate surface area is 203 Å². The minimum Gasteiger partial charge on any atom is -0.506 e. The molecule has 3 heterocycles. The molecule has 4 rings (SSSR count). The zero-order chi connectivity index (χ0) is 22.8. The number of benzene rings is 1. The lowest BCUT2D eigenvalue weighted by Crippen LogP contribution is -2.26. The first-order chi connectivity index (χ1) is 15.3. The molecule has 0 atom stereocenters. The molecule has 2 N–H and O–H groups in total. The zero-order valence-electron chi connectivity index (χ0n) is 17.0. The number of likely N-dealkylation sites (tertiary alicyclic amines) is 1. The van der Waals surface area contributed by atoms with Crippen LogP contribution in [0, 0.1) is 0 Å². The number of thiophene rings is 2. The van der Waals surface area contributed by atoms with Crippen LogP contribution in [0.1, 0.15) is 44.7 Å². The third-order valence-corrected chi connectivity index (χ3v) is 7.92. The van der Waals surface area contributed by atoms with Crippen molar-refractivity contribution in [1.29, 1.82) is 0 Å². The van der Waals surface area contributed by atoms with Gasteiger partial charge in [0.25, 0.3) is 11.8 Å². The number of hydrazone groups is 1. The van der Waals surface area contributed by atoms with E-state index < -0.39 is 5.91 Å². The molecular formula is C22H19Cl2N3O3S2. The lowest BCUT2D eigenvalue weighted by atomic mass is 10.1. The van der Waals surface area contributed by atoms with Crippen molar-refractivity contribution < 1.29 is 14.7 Å². The number of carbonyl (C=O) groups is 2. The summed E-state index contributed by atoms with van der Waals surface area (Å²) >= 11 is 14.5. The SMILES string of the molecule is CC(=NNC(=O)c1ccc(C(=O)N2CCCC2)s1)c1csc(-c2ccc(Cl)c(Cl)c2)c1O. The summed E-state index contributed by atoms with van der Waals surface area (Å²) in [6.07, 6.45) is 2.03. The highest BCUT2D eigenvalue weighted by Crippen LogP contribution is 2.40. The fourth-order valence-electron chi connectivity index (χ4n) is 3.35. The molecule has 10 heteroatoms. The fraction of sp³-hybridized carbons (Fsp3) is 0.227. The summed E-state index contributed by atoms with van der Waals surface area (Å²) in [7, 11) is 0. The first-order valence-electron chi connectivity index (χ1n) is 9.85. The van der Waals surface area contributed by atoms with Crippen LogP contribution in [-0.4, -0.2) is 40.6 Å². The van der Waals surface area contributed by atoms with E-state index in [2.05, 4.69) is 10.5 Å². The van der Waals surface area contributed by atoms with Crippen LogP contribution in [0.4, 0.5) is 0 Å². The molecule has 1 aromatic carbocycles. The van der Waals surface area contributed by atoms with Crippen molar-refractivity contribution in [2.75, 3.05) is 13.1 Å². The smallest absolute Gasteiger partial charge is 0.281 e. The average molecular weight is 508 g/mol. The Balaban J connectivity index is 1.46. The normalized spacial score (nSPS) is 14.1. The lowest BCUT2D eigenvalue weighted by Gasteiger charge is -2.13. The highest BCUT2D eigenvalue weighted by Gasteiger charge is 2.22. The molecule has 0 saturated carbocycles. The first-order valence-corrected chi connectivity index (χ1v) is 12.3.